The first-order valence-corrected chi connectivity index (χ1v) is 17.6. The van der Waals surface area contributed by atoms with E-state index in [0.29, 0.717) is 18.0 Å². The van der Waals surface area contributed by atoms with Crippen LogP contribution < -0.4 is 16.8 Å². The zero-order valence-corrected chi connectivity index (χ0v) is 31.5. The molecule has 0 saturated heterocycles. The first-order chi connectivity index (χ1) is 26.0. The summed E-state index contributed by atoms with van der Waals surface area (Å²) >= 11 is 0. The van der Waals surface area contributed by atoms with Crippen LogP contribution in [0.15, 0.2) is 140 Å². The second kappa shape index (κ2) is 18.1. The van der Waals surface area contributed by atoms with Crippen molar-refractivity contribution < 1.29 is 4.79 Å². The maximum atomic E-state index is 12.3. The lowest BCUT2D eigenvalue weighted by Crippen LogP contribution is -2.21. The molecule has 12 heteroatoms. The minimum Gasteiger partial charge on any atom is -0.383 e. The number of allylic oxidation sites excluding steroid dienone is 1. The highest BCUT2D eigenvalue weighted by atomic mass is 16.1. The van der Waals surface area contributed by atoms with Crippen LogP contribution in [0.3, 0.4) is 0 Å². The number of guanidine groups is 1. The molecule has 0 radical (unpaired) electrons. The Bertz CT molecular complexity index is 2340. The molecule has 5 aromatic heterocycles. The smallest absolute Gasteiger partial charge is 0.227 e. The molecule has 276 valence electrons. The van der Waals surface area contributed by atoms with Gasteiger partial charge in [0.1, 0.15) is 0 Å². The van der Waals surface area contributed by atoms with Crippen molar-refractivity contribution in [2.24, 2.45) is 16.5 Å². The summed E-state index contributed by atoms with van der Waals surface area (Å²) in [5.41, 5.74) is 16.9. The lowest BCUT2D eigenvalue weighted by Gasteiger charge is -2.08. The van der Waals surface area contributed by atoms with Gasteiger partial charge in [0.05, 0.1) is 34.8 Å². The lowest BCUT2D eigenvalue weighted by molar-refractivity contribution is 0.104. The first kappa shape index (κ1) is 38.4. The molecule has 54 heavy (non-hydrogen) atoms. The van der Waals surface area contributed by atoms with Crippen LogP contribution in [0.25, 0.3) is 33.1 Å². The molecule has 0 bridgehead atoms. The monoisotopic (exact) mass is 721 g/mol. The molecule has 0 unspecified atom stereocenters. The average molecular weight is 722 g/mol. The number of nitrogens with one attached hydrogen (secondary N) is 1. The predicted octanol–water partition coefficient (Wildman–Crippen LogP) is 8.28. The van der Waals surface area contributed by atoms with Crippen LogP contribution in [0.5, 0.6) is 0 Å². The molecular formula is C42H47N11O. The molecule has 0 aliphatic heterocycles. The van der Waals surface area contributed by atoms with Gasteiger partial charge in [0.2, 0.25) is 5.95 Å². The van der Waals surface area contributed by atoms with Crippen molar-refractivity contribution >= 4 is 50.9 Å². The fourth-order valence-electron chi connectivity index (χ4n) is 5.63. The Kier molecular flexibility index (Phi) is 12.9. The number of anilines is 2. The SMILES string of the molecule is CC(C)n1cc(-c2ccnc(Nc3ccccc3)n2)c2ccncc21.CC(C)n1cc(C(=O)/C=C/N(C)C)c2ccncc21.NC(N)=Nc1ccccc1. The minimum absolute atomic E-state index is 0.0179. The molecule has 0 fully saturated rings. The largest absolute Gasteiger partial charge is 0.383 e. The Labute approximate surface area is 315 Å². The minimum atomic E-state index is 0.0179. The molecule has 12 nitrogen and oxygen atoms in total. The van der Waals surface area contributed by atoms with Gasteiger partial charge in [-0.3, -0.25) is 14.8 Å². The summed E-state index contributed by atoms with van der Waals surface area (Å²) < 4.78 is 4.31. The van der Waals surface area contributed by atoms with Gasteiger partial charge in [-0.2, -0.15) is 0 Å². The summed E-state index contributed by atoms with van der Waals surface area (Å²) in [6, 6.07) is 25.8. The van der Waals surface area contributed by atoms with E-state index in [1.54, 1.807) is 24.7 Å². The molecule has 5 heterocycles. The van der Waals surface area contributed by atoms with Gasteiger partial charge in [-0.25, -0.2) is 15.0 Å². The van der Waals surface area contributed by atoms with Crippen LogP contribution in [0, 0.1) is 0 Å². The molecule has 7 rings (SSSR count). The number of fused-ring (bicyclic) bond motifs is 2. The Morgan fingerprint density at radius 2 is 1.37 bits per heavy atom. The van der Waals surface area contributed by atoms with Crippen LogP contribution in [-0.4, -0.2) is 59.8 Å². The first-order valence-electron chi connectivity index (χ1n) is 17.6. The quantitative estimate of drug-likeness (QED) is 0.0577. The third kappa shape index (κ3) is 9.94. The molecule has 0 aliphatic rings. The van der Waals surface area contributed by atoms with E-state index >= 15 is 0 Å². The number of hydrogen-bond acceptors (Lipinski definition) is 8. The van der Waals surface area contributed by atoms with Gasteiger partial charge >= 0.3 is 0 Å². The third-order valence-electron chi connectivity index (χ3n) is 8.15. The van der Waals surface area contributed by atoms with Gasteiger partial charge in [0.25, 0.3) is 0 Å². The van der Waals surface area contributed by atoms with Crippen molar-refractivity contribution in [2.45, 2.75) is 39.8 Å². The number of para-hydroxylation sites is 2. The molecule has 0 amide bonds. The van der Waals surface area contributed by atoms with Crippen molar-refractivity contribution in [1.29, 1.82) is 0 Å². The highest BCUT2D eigenvalue weighted by Crippen LogP contribution is 2.31. The maximum Gasteiger partial charge on any atom is 0.227 e. The summed E-state index contributed by atoms with van der Waals surface area (Å²) in [7, 11) is 3.79. The van der Waals surface area contributed by atoms with E-state index in [-0.39, 0.29) is 11.7 Å². The fourth-order valence-corrected chi connectivity index (χ4v) is 5.63. The molecular weight excluding hydrogens is 675 g/mol. The Hall–Kier alpha value is -6.82. The summed E-state index contributed by atoms with van der Waals surface area (Å²) in [5.74, 6) is 0.693. The average Bonchev–Trinajstić information content (AvgIpc) is 3.75. The van der Waals surface area contributed by atoms with Crippen LogP contribution in [0.4, 0.5) is 17.3 Å². The van der Waals surface area contributed by atoms with Gasteiger partial charge in [-0.1, -0.05) is 36.4 Å². The topological polar surface area (TPSA) is 158 Å². The number of aliphatic imine (C=N–C) groups is 1. The van der Waals surface area contributed by atoms with Crippen molar-refractivity contribution in [3.05, 3.63) is 140 Å². The number of carbonyl (C=O) groups is 1. The van der Waals surface area contributed by atoms with Crippen LogP contribution >= 0.6 is 0 Å². The zero-order chi connectivity index (χ0) is 38.6. The van der Waals surface area contributed by atoms with Gasteiger partial charge in [-0.15, -0.1) is 0 Å². The number of hydrogen-bond donors (Lipinski definition) is 3. The summed E-state index contributed by atoms with van der Waals surface area (Å²) in [6.45, 7) is 8.52. The van der Waals surface area contributed by atoms with E-state index in [9.17, 15) is 4.79 Å². The number of ketones is 1. The molecule has 0 aliphatic carbocycles. The number of benzene rings is 2. The lowest BCUT2D eigenvalue weighted by atomic mass is 10.1. The standard InChI is InChI=1S/C20H19N5.C15H19N3O.C7H9N3/c1-14(2)25-13-17(16-8-10-21-12-19(16)25)18-9-11-22-20(24-18)23-15-6-4-3-5-7-15;1-11(2)18-10-13(15(19)6-8-17(3)4)12-5-7-16-9-14(12)18;8-7(9)10-6-4-2-1-3-5-6/h3-14H,1-2H3,(H,22,23,24);5-11H,1-4H3;1-5H,(H4,8,9,10)/b;8-6+;. The van der Waals surface area contributed by atoms with Crippen molar-refractivity contribution in [3.63, 3.8) is 0 Å². The van der Waals surface area contributed by atoms with E-state index in [4.69, 9.17) is 16.5 Å². The summed E-state index contributed by atoms with van der Waals surface area (Å²) in [4.78, 5) is 35.4. The fraction of sp³-hybridized carbons (Fsp3) is 0.190. The van der Waals surface area contributed by atoms with Gasteiger partial charge < -0.3 is 30.8 Å². The second-order valence-corrected chi connectivity index (χ2v) is 13.1. The number of aromatic nitrogens is 6. The van der Waals surface area contributed by atoms with Crippen LogP contribution in [0.1, 0.15) is 50.1 Å². The molecule has 7 aromatic rings. The molecule has 2 aromatic carbocycles. The van der Waals surface area contributed by atoms with E-state index in [1.807, 2.05) is 123 Å². The Balaban J connectivity index is 0.000000171. The van der Waals surface area contributed by atoms with Gasteiger partial charge in [0.15, 0.2) is 11.7 Å². The molecule has 0 atom stereocenters. The zero-order valence-electron chi connectivity index (χ0n) is 31.5. The number of nitrogens with two attached hydrogens (primary N) is 2. The molecule has 5 N–H and O–H groups in total. The Morgan fingerprint density at radius 3 is 1.98 bits per heavy atom. The summed E-state index contributed by atoms with van der Waals surface area (Å²) in [5, 5.41) is 5.35. The van der Waals surface area contributed by atoms with Gasteiger partial charge in [-0.05, 0) is 70.2 Å². The molecule has 0 spiro atoms. The Morgan fingerprint density at radius 1 is 0.778 bits per heavy atom. The van der Waals surface area contributed by atoms with E-state index in [2.05, 4.69) is 68.3 Å². The highest BCUT2D eigenvalue weighted by Gasteiger charge is 2.15. The normalized spacial score (nSPS) is 10.9. The van der Waals surface area contributed by atoms with Crippen LogP contribution in [0.2, 0.25) is 0 Å². The van der Waals surface area contributed by atoms with Crippen LogP contribution in [-0.2, 0) is 0 Å². The highest BCUT2D eigenvalue weighted by molar-refractivity contribution is 6.13. The third-order valence-corrected chi connectivity index (χ3v) is 8.15. The van der Waals surface area contributed by atoms with Crippen molar-refractivity contribution in [2.75, 3.05) is 19.4 Å². The van der Waals surface area contributed by atoms with Crippen molar-refractivity contribution in [3.8, 4) is 11.3 Å². The van der Waals surface area contributed by atoms with Crippen molar-refractivity contribution in [1.82, 2.24) is 34.0 Å². The molecule has 0 saturated carbocycles. The number of carbonyl (C=O) groups excluding carboxylic acids is 1. The second-order valence-electron chi connectivity index (χ2n) is 13.1. The number of nitrogens with zero attached hydrogens (tertiary/aromatic N) is 8. The van der Waals surface area contributed by atoms with E-state index in [0.717, 1.165) is 50.0 Å². The predicted molar refractivity (Wildman–Crippen MR) is 220 cm³/mol. The number of rotatable bonds is 9. The summed E-state index contributed by atoms with van der Waals surface area (Å²) in [6.07, 6.45) is 16.5. The van der Waals surface area contributed by atoms with E-state index in [1.165, 1.54) is 0 Å². The number of pyridine rings is 2. The van der Waals surface area contributed by atoms with Gasteiger partial charge in [0, 0.05) is 97.0 Å². The van der Waals surface area contributed by atoms with E-state index < -0.39 is 0 Å². The maximum absolute atomic E-state index is 12.3.